The number of amides is 2. The molecule has 1 atom stereocenters. The summed E-state index contributed by atoms with van der Waals surface area (Å²) in [6.07, 6.45) is 3.12. The Morgan fingerprint density at radius 1 is 1.00 bits per heavy atom. The first-order valence-corrected chi connectivity index (χ1v) is 12.9. The van der Waals surface area contributed by atoms with E-state index in [1.807, 2.05) is 47.8 Å². The molecule has 2 aromatic carbocycles. The number of nitrogens with two attached hydrogens (primary N) is 1. The van der Waals surface area contributed by atoms with Gasteiger partial charge in [0.25, 0.3) is 5.91 Å². The van der Waals surface area contributed by atoms with Crippen molar-refractivity contribution in [1.82, 2.24) is 5.32 Å². The SMILES string of the molecule is NC(=O)C1CCCN(c2ccc(CNC(=O)c3ccc(C4SCCCS4)cc3)cc2)C1. The average Bonchev–Trinajstić information content (AvgIpc) is 2.83. The summed E-state index contributed by atoms with van der Waals surface area (Å²) in [4.78, 5) is 26.3. The molecule has 2 heterocycles. The average molecular weight is 456 g/mol. The van der Waals surface area contributed by atoms with Crippen LogP contribution in [0.1, 0.15) is 45.3 Å². The molecule has 2 saturated heterocycles. The topological polar surface area (TPSA) is 75.4 Å². The lowest BCUT2D eigenvalue weighted by Crippen LogP contribution is -2.41. The van der Waals surface area contributed by atoms with Gasteiger partial charge in [-0.25, -0.2) is 0 Å². The van der Waals surface area contributed by atoms with E-state index in [0.29, 0.717) is 23.2 Å². The highest BCUT2D eigenvalue weighted by Crippen LogP contribution is 2.43. The Morgan fingerprint density at radius 2 is 1.71 bits per heavy atom. The first kappa shape index (κ1) is 22.1. The molecule has 7 heteroatoms. The van der Waals surface area contributed by atoms with E-state index in [1.165, 1.54) is 23.5 Å². The molecule has 4 rings (SSSR count). The minimum Gasteiger partial charge on any atom is -0.371 e. The molecular formula is C24H29N3O2S2. The van der Waals surface area contributed by atoms with E-state index in [-0.39, 0.29) is 17.7 Å². The summed E-state index contributed by atoms with van der Waals surface area (Å²) in [7, 11) is 0. The fourth-order valence-electron chi connectivity index (χ4n) is 4.02. The molecule has 0 aliphatic carbocycles. The van der Waals surface area contributed by atoms with Crippen molar-refractivity contribution in [3.8, 4) is 0 Å². The lowest BCUT2D eigenvalue weighted by atomic mass is 9.97. The van der Waals surface area contributed by atoms with Crippen LogP contribution in [0.25, 0.3) is 0 Å². The summed E-state index contributed by atoms with van der Waals surface area (Å²) in [5.41, 5.74) is 9.61. The van der Waals surface area contributed by atoms with E-state index in [4.69, 9.17) is 5.73 Å². The molecule has 2 fully saturated rings. The highest BCUT2D eigenvalue weighted by Gasteiger charge is 2.24. The number of primary amides is 1. The van der Waals surface area contributed by atoms with Crippen LogP contribution in [0.5, 0.6) is 0 Å². The number of thioether (sulfide) groups is 2. The predicted octanol–water partition coefficient (Wildman–Crippen LogP) is 4.19. The smallest absolute Gasteiger partial charge is 0.251 e. The number of carbonyl (C=O) groups excluding carboxylic acids is 2. The number of piperidine rings is 1. The molecule has 0 spiro atoms. The number of nitrogens with one attached hydrogen (secondary N) is 1. The van der Waals surface area contributed by atoms with E-state index < -0.39 is 0 Å². The molecule has 31 heavy (non-hydrogen) atoms. The number of benzene rings is 2. The molecule has 0 radical (unpaired) electrons. The van der Waals surface area contributed by atoms with Crippen molar-refractivity contribution >= 4 is 41.0 Å². The standard InChI is InChI=1S/C24H29N3O2S2/c25-22(28)20-3-1-12-27(16-20)21-10-4-17(5-11-21)15-26-23(29)18-6-8-19(9-7-18)24-30-13-2-14-31-24/h4-11,20,24H,1-3,12-16H2,(H2,25,28)(H,26,29). The predicted molar refractivity (Wildman–Crippen MR) is 130 cm³/mol. The molecule has 0 bridgehead atoms. The molecule has 2 amide bonds. The number of carbonyl (C=O) groups is 2. The van der Waals surface area contributed by atoms with Gasteiger partial charge < -0.3 is 16.0 Å². The van der Waals surface area contributed by atoms with Crippen LogP contribution < -0.4 is 16.0 Å². The molecule has 2 aliphatic rings. The van der Waals surface area contributed by atoms with Crippen molar-refractivity contribution in [2.45, 2.75) is 30.4 Å². The maximum Gasteiger partial charge on any atom is 0.251 e. The van der Waals surface area contributed by atoms with Gasteiger partial charge in [-0.1, -0.05) is 24.3 Å². The third kappa shape index (κ3) is 5.77. The highest BCUT2D eigenvalue weighted by molar-refractivity contribution is 8.16. The lowest BCUT2D eigenvalue weighted by molar-refractivity contribution is -0.122. The molecule has 1 unspecified atom stereocenters. The molecule has 0 saturated carbocycles. The first-order valence-electron chi connectivity index (χ1n) is 10.8. The van der Waals surface area contributed by atoms with E-state index in [1.54, 1.807) is 0 Å². The van der Waals surface area contributed by atoms with Gasteiger partial charge in [0.15, 0.2) is 0 Å². The molecule has 0 aromatic heterocycles. The number of nitrogens with zero attached hydrogens (tertiary/aromatic N) is 1. The summed E-state index contributed by atoms with van der Waals surface area (Å²) >= 11 is 3.97. The van der Waals surface area contributed by atoms with Gasteiger partial charge in [-0.15, -0.1) is 23.5 Å². The molecule has 164 valence electrons. The second-order valence-corrected chi connectivity index (χ2v) is 10.8. The quantitative estimate of drug-likeness (QED) is 0.683. The van der Waals surface area contributed by atoms with Gasteiger partial charge in [-0.05, 0) is 66.2 Å². The van der Waals surface area contributed by atoms with Crippen LogP contribution >= 0.6 is 23.5 Å². The van der Waals surface area contributed by atoms with Gasteiger partial charge in [0.2, 0.25) is 5.91 Å². The van der Waals surface area contributed by atoms with Gasteiger partial charge in [0, 0.05) is 30.9 Å². The summed E-state index contributed by atoms with van der Waals surface area (Å²) in [5.74, 6) is 2.08. The summed E-state index contributed by atoms with van der Waals surface area (Å²) < 4.78 is 0.488. The summed E-state index contributed by atoms with van der Waals surface area (Å²) in [5, 5.41) is 3.01. The number of rotatable bonds is 6. The lowest BCUT2D eigenvalue weighted by Gasteiger charge is -2.33. The summed E-state index contributed by atoms with van der Waals surface area (Å²) in [6.45, 7) is 2.10. The Balaban J connectivity index is 1.29. The molecular weight excluding hydrogens is 426 g/mol. The van der Waals surface area contributed by atoms with Crippen LogP contribution in [-0.2, 0) is 11.3 Å². The van der Waals surface area contributed by atoms with Crippen molar-refractivity contribution in [3.05, 3.63) is 65.2 Å². The third-order valence-corrected chi connectivity index (χ3v) is 8.87. The summed E-state index contributed by atoms with van der Waals surface area (Å²) in [6, 6.07) is 16.2. The van der Waals surface area contributed by atoms with Crippen LogP contribution in [-0.4, -0.2) is 36.4 Å². The largest absolute Gasteiger partial charge is 0.371 e. The van der Waals surface area contributed by atoms with Crippen molar-refractivity contribution in [2.75, 3.05) is 29.5 Å². The van der Waals surface area contributed by atoms with Crippen molar-refractivity contribution in [2.24, 2.45) is 11.7 Å². The minimum atomic E-state index is -0.215. The van der Waals surface area contributed by atoms with Crippen LogP contribution in [0.2, 0.25) is 0 Å². The first-order chi connectivity index (χ1) is 15.1. The van der Waals surface area contributed by atoms with Crippen LogP contribution in [0.3, 0.4) is 0 Å². The zero-order chi connectivity index (χ0) is 21.6. The fraction of sp³-hybridized carbons (Fsp3) is 0.417. The molecule has 5 nitrogen and oxygen atoms in total. The monoisotopic (exact) mass is 455 g/mol. The van der Waals surface area contributed by atoms with Gasteiger partial charge in [0.1, 0.15) is 0 Å². The van der Waals surface area contributed by atoms with E-state index in [9.17, 15) is 9.59 Å². The zero-order valence-electron chi connectivity index (χ0n) is 17.6. The maximum absolute atomic E-state index is 12.5. The van der Waals surface area contributed by atoms with Crippen molar-refractivity contribution in [3.63, 3.8) is 0 Å². The van der Waals surface area contributed by atoms with Gasteiger partial charge in [0.05, 0.1) is 10.5 Å². The Kier molecular flexibility index (Phi) is 7.45. The van der Waals surface area contributed by atoms with Gasteiger partial charge >= 0.3 is 0 Å². The Labute approximate surface area is 192 Å². The third-order valence-electron chi connectivity index (χ3n) is 5.85. The Hall–Kier alpha value is -2.12. The normalized spacial score (nSPS) is 19.7. The second kappa shape index (κ2) is 10.5. The zero-order valence-corrected chi connectivity index (χ0v) is 19.2. The minimum absolute atomic E-state index is 0.0556. The Morgan fingerprint density at radius 3 is 2.39 bits per heavy atom. The van der Waals surface area contributed by atoms with Crippen molar-refractivity contribution < 1.29 is 9.59 Å². The molecule has 2 aromatic rings. The number of anilines is 1. The highest BCUT2D eigenvalue weighted by atomic mass is 32.2. The van der Waals surface area contributed by atoms with Gasteiger partial charge in [-0.2, -0.15) is 0 Å². The van der Waals surface area contributed by atoms with E-state index in [0.717, 1.165) is 30.6 Å². The van der Waals surface area contributed by atoms with E-state index in [2.05, 4.69) is 34.5 Å². The fourth-order valence-corrected chi connectivity index (χ4v) is 6.92. The van der Waals surface area contributed by atoms with Gasteiger partial charge in [-0.3, -0.25) is 9.59 Å². The van der Waals surface area contributed by atoms with Crippen LogP contribution in [0.15, 0.2) is 48.5 Å². The second-order valence-electron chi connectivity index (χ2n) is 8.09. The molecule has 3 N–H and O–H groups in total. The van der Waals surface area contributed by atoms with Crippen LogP contribution in [0, 0.1) is 5.92 Å². The maximum atomic E-state index is 12.5. The number of hydrogen-bond acceptors (Lipinski definition) is 5. The van der Waals surface area contributed by atoms with Crippen molar-refractivity contribution in [1.29, 1.82) is 0 Å². The van der Waals surface area contributed by atoms with Crippen LogP contribution in [0.4, 0.5) is 5.69 Å². The van der Waals surface area contributed by atoms with E-state index >= 15 is 0 Å². The Bertz CT molecular complexity index is 896. The number of hydrogen-bond donors (Lipinski definition) is 2. The molecule has 2 aliphatic heterocycles.